The van der Waals surface area contributed by atoms with E-state index in [4.69, 9.17) is 4.74 Å². The summed E-state index contributed by atoms with van der Waals surface area (Å²) < 4.78 is 42.4. The van der Waals surface area contributed by atoms with E-state index in [1.54, 1.807) is 24.3 Å². The molecule has 0 aliphatic carbocycles. The van der Waals surface area contributed by atoms with Gasteiger partial charge in [-0.15, -0.1) is 0 Å². The Kier molecular flexibility index (Phi) is 4.55. The lowest BCUT2D eigenvalue weighted by Crippen LogP contribution is -2.19. The number of carbonyl (C=O) groups excluding carboxylic acids is 1. The highest BCUT2D eigenvalue weighted by molar-refractivity contribution is 6.00. The van der Waals surface area contributed by atoms with Crippen molar-refractivity contribution in [1.29, 1.82) is 0 Å². The van der Waals surface area contributed by atoms with Gasteiger partial charge in [-0.05, 0) is 36.4 Å². The van der Waals surface area contributed by atoms with Gasteiger partial charge in [0.1, 0.15) is 5.75 Å². The summed E-state index contributed by atoms with van der Waals surface area (Å²) in [6.07, 6.45) is -4.40. The van der Waals surface area contributed by atoms with E-state index >= 15 is 0 Å². The van der Waals surface area contributed by atoms with E-state index in [2.05, 4.69) is 10.6 Å². The standard InChI is InChI=1S/C15H13F3N2O2/c1-22-13-5-3-2-4-12(13)20-14(21)19-11-8-6-10(7-9-11)15(16,17)18/h2-9H,1H3,(H2,19,20,21). The van der Waals surface area contributed by atoms with Crippen molar-refractivity contribution < 1.29 is 22.7 Å². The lowest BCUT2D eigenvalue weighted by Gasteiger charge is -2.11. The van der Waals surface area contributed by atoms with Crippen molar-refractivity contribution >= 4 is 17.4 Å². The van der Waals surface area contributed by atoms with E-state index in [-0.39, 0.29) is 5.69 Å². The van der Waals surface area contributed by atoms with Crippen LogP contribution in [0.15, 0.2) is 48.5 Å². The molecule has 2 rings (SSSR count). The van der Waals surface area contributed by atoms with Crippen molar-refractivity contribution in [2.45, 2.75) is 6.18 Å². The van der Waals surface area contributed by atoms with E-state index in [1.807, 2.05) is 0 Å². The Bertz CT molecular complexity index is 655. The number of ether oxygens (including phenoxy) is 1. The molecule has 0 bridgehead atoms. The number of amides is 2. The van der Waals surface area contributed by atoms with E-state index < -0.39 is 17.8 Å². The number of halogens is 3. The van der Waals surface area contributed by atoms with Crippen molar-refractivity contribution in [2.75, 3.05) is 17.7 Å². The first kappa shape index (κ1) is 15.7. The number of urea groups is 1. The number of carbonyl (C=O) groups is 1. The van der Waals surface area contributed by atoms with Crippen molar-refractivity contribution in [3.63, 3.8) is 0 Å². The summed E-state index contributed by atoms with van der Waals surface area (Å²) in [7, 11) is 1.47. The Balaban J connectivity index is 2.03. The third-order valence-corrected chi connectivity index (χ3v) is 2.83. The van der Waals surface area contributed by atoms with Crippen LogP contribution in [-0.2, 0) is 6.18 Å². The molecule has 0 heterocycles. The summed E-state index contributed by atoms with van der Waals surface area (Å²) in [5.74, 6) is 0.477. The number of benzene rings is 2. The molecule has 116 valence electrons. The molecule has 2 N–H and O–H groups in total. The van der Waals surface area contributed by atoms with Gasteiger partial charge in [-0.2, -0.15) is 13.2 Å². The molecule has 0 aliphatic rings. The predicted molar refractivity (Wildman–Crippen MR) is 77.1 cm³/mol. The Morgan fingerprint density at radius 1 is 1.00 bits per heavy atom. The van der Waals surface area contributed by atoms with Gasteiger partial charge in [0, 0.05) is 5.69 Å². The van der Waals surface area contributed by atoms with Crippen LogP contribution in [0.5, 0.6) is 5.75 Å². The number of rotatable bonds is 3. The van der Waals surface area contributed by atoms with Crippen LogP contribution in [0.1, 0.15) is 5.56 Å². The van der Waals surface area contributed by atoms with Crippen LogP contribution in [0.3, 0.4) is 0 Å². The van der Waals surface area contributed by atoms with Gasteiger partial charge >= 0.3 is 12.2 Å². The van der Waals surface area contributed by atoms with Gasteiger partial charge in [-0.25, -0.2) is 4.79 Å². The molecule has 4 nitrogen and oxygen atoms in total. The van der Waals surface area contributed by atoms with Gasteiger partial charge < -0.3 is 15.4 Å². The highest BCUT2D eigenvalue weighted by atomic mass is 19.4. The third-order valence-electron chi connectivity index (χ3n) is 2.83. The molecule has 22 heavy (non-hydrogen) atoms. The summed E-state index contributed by atoms with van der Waals surface area (Å²) in [4.78, 5) is 11.8. The topological polar surface area (TPSA) is 50.4 Å². The number of para-hydroxylation sites is 2. The summed E-state index contributed by atoms with van der Waals surface area (Å²) in [6.45, 7) is 0. The van der Waals surface area contributed by atoms with Gasteiger partial charge in [0.2, 0.25) is 0 Å². The first-order valence-corrected chi connectivity index (χ1v) is 6.28. The summed E-state index contributed by atoms with van der Waals surface area (Å²) in [5, 5.41) is 5.00. The molecule has 0 aromatic heterocycles. The quantitative estimate of drug-likeness (QED) is 0.885. The molecule has 0 spiro atoms. The minimum Gasteiger partial charge on any atom is -0.495 e. The molecule has 2 amide bonds. The van der Waals surface area contributed by atoms with Crippen LogP contribution in [-0.4, -0.2) is 13.1 Å². The molecule has 0 atom stereocenters. The van der Waals surface area contributed by atoms with Crippen molar-refractivity contribution in [3.8, 4) is 5.75 Å². The van der Waals surface area contributed by atoms with E-state index in [0.29, 0.717) is 11.4 Å². The fraction of sp³-hybridized carbons (Fsp3) is 0.133. The monoisotopic (exact) mass is 310 g/mol. The highest BCUT2D eigenvalue weighted by Gasteiger charge is 2.29. The molecular weight excluding hydrogens is 297 g/mol. The Morgan fingerprint density at radius 2 is 1.64 bits per heavy atom. The van der Waals surface area contributed by atoms with E-state index in [1.165, 1.54) is 19.2 Å². The second-order valence-electron chi connectivity index (χ2n) is 4.35. The smallest absolute Gasteiger partial charge is 0.416 e. The zero-order chi connectivity index (χ0) is 16.2. The third kappa shape index (κ3) is 3.91. The molecule has 0 saturated carbocycles. The fourth-order valence-electron chi connectivity index (χ4n) is 1.78. The first-order chi connectivity index (χ1) is 10.4. The summed E-state index contributed by atoms with van der Waals surface area (Å²) in [6, 6.07) is 10.4. The second-order valence-corrected chi connectivity index (χ2v) is 4.35. The highest BCUT2D eigenvalue weighted by Crippen LogP contribution is 2.30. The summed E-state index contributed by atoms with van der Waals surface area (Å²) >= 11 is 0. The molecular formula is C15H13F3N2O2. The van der Waals surface area contributed by atoms with Gasteiger partial charge in [0.15, 0.2) is 0 Å². The fourth-order valence-corrected chi connectivity index (χ4v) is 1.78. The number of alkyl halides is 3. The van der Waals surface area contributed by atoms with E-state index in [0.717, 1.165) is 12.1 Å². The van der Waals surface area contributed by atoms with Crippen LogP contribution in [0.2, 0.25) is 0 Å². The molecule has 0 saturated heterocycles. The maximum atomic E-state index is 12.4. The normalized spacial score (nSPS) is 10.9. The van der Waals surface area contributed by atoms with Crippen molar-refractivity contribution in [2.24, 2.45) is 0 Å². The second kappa shape index (κ2) is 6.38. The number of nitrogens with one attached hydrogen (secondary N) is 2. The van der Waals surface area contributed by atoms with Crippen LogP contribution in [0.4, 0.5) is 29.3 Å². The Labute approximate surface area is 124 Å². The SMILES string of the molecule is COc1ccccc1NC(=O)Nc1ccc(C(F)(F)F)cc1. The van der Waals surface area contributed by atoms with Crippen LogP contribution < -0.4 is 15.4 Å². The number of anilines is 2. The molecule has 0 unspecified atom stereocenters. The maximum Gasteiger partial charge on any atom is 0.416 e. The van der Waals surface area contributed by atoms with Gasteiger partial charge in [-0.3, -0.25) is 0 Å². The van der Waals surface area contributed by atoms with Gasteiger partial charge in [-0.1, -0.05) is 12.1 Å². The molecule has 0 fully saturated rings. The number of hydrogen-bond donors (Lipinski definition) is 2. The van der Waals surface area contributed by atoms with Crippen LogP contribution >= 0.6 is 0 Å². The predicted octanol–water partition coefficient (Wildman–Crippen LogP) is 4.36. The summed E-state index contributed by atoms with van der Waals surface area (Å²) in [5.41, 5.74) is -0.0713. The lowest BCUT2D eigenvalue weighted by molar-refractivity contribution is -0.137. The molecule has 0 aliphatic heterocycles. The first-order valence-electron chi connectivity index (χ1n) is 6.28. The van der Waals surface area contributed by atoms with Gasteiger partial charge in [0.25, 0.3) is 0 Å². The van der Waals surface area contributed by atoms with E-state index in [9.17, 15) is 18.0 Å². The van der Waals surface area contributed by atoms with Crippen molar-refractivity contribution in [3.05, 3.63) is 54.1 Å². The van der Waals surface area contributed by atoms with Gasteiger partial charge in [0.05, 0.1) is 18.4 Å². The average molecular weight is 310 g/mol. The van der Waals surface area contributed by atoms with Crippen molar-refractivity contribution in [1.82, 2.24) is 0 Å². The molecule has 2 aromatic carbocycles. The van der Waals surface area contributed by atoms with Crippen LogP contribution in [0, 0.1) is 0 Å². The zero-order valence-electron chi connectivity index (χ0n) is 11.6. The van der Waals surface area contributed by atoms with Crippen LogP contribution in [0.25, 0.3) is 0 Å². The Morgan fingerprint density at radius 3 is 2.23 bits per heavy atom. The zero-order valence-corrected chi connectivity index (χ0v) is 11.6. The minimum absolute atomic E-state index is 0.250. The minimum atomic E-state index is -4.40. The largest absolute Gasteiger partial charge is 0.495 e. The Hall–Kier alpha value is -2.70. The molecule has 7 heteroatoms. The lowest BCUT2D eigenvalue weighted by atomic mass is 10.2. The average Bonchev–Trinajstić information content (AvgIpc) is 2.47. The molecule has 0 radical (unpaired) electrons. The molecule has 2 aromatic rings. The number of hydrogen-bond acceptors (Lipinski definition) is 2. The number of methoxy groups -OCH3 is 1. The maximum absolute atomic E-state index is 12.4.